The zero-order valence-electron chi connectivity index (χ0n) is 12.5. The van der Waals surface area contributed by atoms with E-state index < -0.39 is 0 Å². The first kappa shape index (κ1) is 14.3. The standard InChI is InChI=1S/C17H19ClN2O2/c1-22-13-5-6-19(10-13)17-14-4-2-3-11-8-20(21)9-12(16(11)14)7-15(17)18/h2-4,7-8,13,17,21H,5-6,9-10H2,1H3. The van der Waals surface area contributed by atoms with Crippen molar-refractivity contribution >= 4 is 23.4 Å². The zero-order chi connectivity index (χ0) is 15.3. The summed E-state index contributed by atoms with van der Waals surface area (Å²) >= 11 is 6.63. The summed E-state index contributed by atoms with van der Waals surface area (Å²) in [5.74, 6) is 0. The Morgan fingerprint density at radius 2 is 2.23 bits per heavy atom. The third-order valence-electron chi connectivity index (χ3n) is 4.81. The van der Waals surface area contributed by atoms with Gasteiger partial charge in [-0.15, -0.1) is 0 Å². The minimum Gasteiger partial charge on any atom is -0.380 e. The van der Waals surface area contributed by atoms with Crippen LogP contribution in [0.5, 0.6) is 0 Å². The number of methoxy groups -OCH3 is 1. The maximum Gasteiger partial charge on any atom is 0.0717 e. The van der Waals surface area contributed by atoms with Crippen LogP contribution in [0.2, 0.25) is 0 Å². The van der Waals surface area contributed by atoms with Crippen LogP contribution in [0.15, 0.2) is 29.3 Å². The van der Waals surface area contributed by atoms with E-state index in [1.165, 1.54) is 15.8 Å². The van der Waals surface area contributed by atoms with E-state index >= 15 is 0 Å². The summed E-state index contributed by atoms with van der Waals surface area (Å²) in [6.07, 6.45) is 5.14. The van der Waals surface area contributed by atoms with E-state index in [-0.39, 0.29) is 12.1 Å². The SMILES string of the molecule is COC1CCN(C2C(Cl)=CC3=c4c2cccc4=CN(O)C3)C1. The molecular formula is C17H19ClN2O2. The van der Waals surface area contributed by atoms with Crippen molar-refractivity contribution in [2.24, 2.45) is 0 Å². The Bertz CT molecular complexity index is 758. The molecule has 0 spiro atoms. The fraction of sp³-hybridized carbons (Fsp3) is 0.412. The van der Waals surface area contributed by atoms with Gasteiger partial charge in [-0.1, -0.05) is 29.8 Å². The molecular weight excluding hydrogens is 300 g/mol. The minimum atomic E-state index is 0.0964. The first-order valence-electron chi connectivity index (χ1n) is 7.61. The number of benzene rings is 1. The number of halogens is 1. The lowest BCUT2D eigenvalue weighted by atomic mass is 9.91. The van der Waals surface area contributed by atoms with Crippen molar-refractivity contribution in [3.05, 3.63) is 45.3 Å². The van der Waals surface area contributed by atoms with E-state index in [0.29, 0.717) is 6.54 Å². The summed E-state index contributed by atoms with van der Waals surface area (Å²) in [5.41, 5.74) is 2.32. The summed E-state index contributed by atoms with van der Waals surface area (Å²) < 4.78 is 5.49. The van der Waals surface area contributed by atoms with Crippen molar-refractivity contribution < 1.29 is 9.94 Å². The molecule has 0 amide bonds. The van der Waals surface area contributed by atoms with Gasteiger partial charge in [-0.25, -0.2) is 0 Å². The van der Waals surface area contributed by atoms with Gasteiger partial charge in [-0.3, -0.25) is 15.2 Å². The molecule has 4 nitrogen and oxygen atoms in total. The predicted molar refractivity (Wildman–Crippen MR) is 85.7 cm³/mol. The molecule has 0 bridgehead atoms. The lowest BCUT2D eigenvalue weighted by Crippen LogP contribution is -2.44. The number of hydroxylamine groups is 2. The Kier molecular flexibility index (Phi) is 3.50. The summed E-state index contributed by atoms with van der Waals surface area (Å²) in [6.45, 7) is 2.37. The maximum atomic E-state index is 9.86. The van der Waals surface area contributed by atoms with Crippen molar-refractivity contribution in [2.45, 2.75) is 18.6 Å². The molecule has 1 aliphatic carbocycles. The Balaban J connectivity index is 1.84. The van der Waals surface area contributed by atoms with Crippen molar-refractivity contribution in [3.63, 3.8) is 0 Å². The second-order valence-corrected chi connectivity index (χ2v) is 6.57. The van der Waals surface area contributed by atoms with Gasteiger partial charge in [0.25, 0.3) is 0 Å². The molecule has 5 heteroatoms. The fourth-order valence-corrected chi connectivity index (χ4v) is 4.21. The number of rotatable bonds is 2. The topological polar surface area (TPSA) is 35.9 Å². The van der Waals surface area contributed by atoms with Gasteiger partial charge in [0.05, 0.1) is 18.7 Å². The largest absolute Gasteiger partial charge is 0.380 e. The van der Waals surface area contributed by atoms with Crippen LogP contribution in [-0.4, -0.2) is 48.0 Å². The van der Waals surface area contributed by atoms with E-state index in [1.54, 1.807) is 13.3 Å². The minimum absolute atomic E-state index is 0.0964. The number of hydrogen-bond acceptors (Lipinski definition) is 4. The van der Waals surface area contributed by atoms with E-state index in [2.05, 4.69) is 11.0 Å². The first-order valence-corrected chi connectivity index (χ1v) is 7.98. The lowest BCUT2D eigenvalue weighted by molar-refractivity contribution is -0.00753. The van der Waals surface area contributed by atoms with Crippen LogP contribution in [0.1, 0.15) is 18.0 Å². The maximum absolute atomic E-state index is 9.86. The van der Waals surface area contributed by atoms with Crippen LogP contribution in [0.4, 0.5) is 0 Å². The first-order chi connectivity index (χ1) is 10.7. The molecule has 0 aromatic heterocycles. The van der Waals surface area contributed by atoms with Crippen molar-refractivity contribution in [1.82, 2.24) is 9.96 Å². The summed E-state index contributed by atoms with van der Waals surface area (Å²) in [6, 6.07) is 6.32. The third-order valence-corrected chi connectivity index (χ3v) is 5.13. The number of ether oxygens (including phenoxy) is 1. The van der Waals surface area contributed by atoms with Gasteiger partial charge < -0.3 is 4.74 Å². The predicted octanol–water partition coefficient (Wildman–Crippen LogP) is 1.18. The summed E-state index contributed by atoms with van der Waals surface area (Å²) in [4.78, 5) is 2.39. The normalized spacial score (nSPS) is 27.5. The van der Waals surface area contributed by atoms with Gasteiger partial charge in [-0.2, -0.15) is 0 Å². The molecule has 116 valence electrons. The molecule has 22 heavy (non-hydrogen) atoms. The van der Waals surface area contributed by atoms with Crippen LogP contribution in [-0.2, 0) is 4.74 Å². The molecule has 2 atom stereocenters. The van der Waals surface area contributed by atoms with Crippen LogP contribution in [0.25, 0.3) is 11.8 Å². The molecule has 0 radical (unpaired) electrons. The highest BCUT2D eigenvalue weighted by Gasteiger charge is 2.34. The molecule has 3 aliphatic rings. The van der Waals surface area contributed by atoms with Crippen LogP contribution in [0.3, 0.4) is 0 Å². The highest BCUT2D eigenvalue weighted by atomic mass is 35.5. The molecule has 2 unspecified atom stereocenters. The second kappa shape index (κ2) is 5.39. The number of likely N-dealkylation sites (tertiary alicyclic amines) is 1. The number of hydrogen-bond donors (Lipinski definition) is 1. The van der Waals surface area contributed by atoms with Crippen molar-refractivity contribution in [2.75, 3.05) is 26.7 Å². The Hall–Kier alpha value is -1.33. The van der Waals surface area contributed by atoms with E-state index in [1.807, 2.05) is 18.2 Å². The average Bonchev–Trinajstić information content (AvgIpc) is 2.95. The van der Waals surface area contributed by atoms with E-state index in [9.17, 15) is 5.21 Å². The number of nitrogens with zero attached hydrogens (tertiary/aromatic N) is 2. The monoisotopic (exact) mass is 318 g/mol. The highest BCUT2D eigenvalue weighted by Crippen LogP contribution is 2.35. The summed E-state index contributed by atoms with van der Waals surface area (Å²) in [7, 11) is 1.77. The lowest BCUT2D eigenvalue weighted by Gasteiger charge is -2.33. The Morgan fingerprint density at radius 3 is 3.00 bits per heavy atom. The van der Waals surface area contributed by atoms with E-state index in [4.69, 9.17) is 16.3 Å². The average molecular weight is 319 g/mol. The van der Waals surface area contributed by atoms with Gasteiger partial charge >= 0.3 is 0 Å². The highest BCUT2D eigenvalue weighted by molar-refractivity contribution is 6.31. The molecule has 0 saturated carbocycles. The third kappa shape index (κ3) is 2.18. The fourth-order valence-electron chi connectivity index (χ4n) is 3.82. The molecule has 1 N–H and O–H groups in total. The van der Waals surface area contributed by atoms with Gasteiger partial charge in [-0.05, 0) is 28.9 Å². The molecule has 2 aliphatic heterocycles. The quantitative estimate of drug-likeness (QED) is 0.888. The van der Waals surface area contributed by atoms with Crippen molar-refractivity contribution in [1.29, 1.82) is 0 Å². The molecule has 1 fully saturated rings. The van der Waals surface area contributed by atoms with Crippen LogP contribution in [0, 0.1) is 0 Å². The van der Waals surface area contributed by atoms with Gasteiger partial charge in [0.1, 0.15) is 0 Å². The van der Waals surface area contributed by atoms with Gasteiger partial charge in [0.15, 0.2) is 0 Å². The van der Waals surface area contributed by atoms with Gasteiger partial charge in [0, 0.05) is 36.7 Å². The molecule has 4 rings (SSSR count). The van der Waals surface area contributed by atoms with Crippen LogP contribution < -0.4 is 10.4 Å². The second-order valence-electron chi connectivity index (χ2n) is 6.14. The molecule has 2 heterocycles. The zero-order valence-corrected chi connectivity index (χ0v) is 13.3. The molecule has 1 saturated heterocycles. The van der Waals surface area contributed by atoms with Crippen LogP contribution >= 0.6 is 11.6 Å². The Morgan fingerprint density at radius 1 is 1.36 bits per heavy atom. The van der Waals surface area contributed by atoms with E-state index in [0.717, 1.165) is 35.3 Å². The van der Waals surface area contributed by atoms with Crippen molar-refractivity contribution in [3.8, 4) is 0 Å². The molecule has 1 aromatic rings. The summed E-state index contributed by atoms with van der Waals surface area (Å²) in [5, 5.41) is 14.2. The molecule has 1 aromatic carbocycles. The Labute approximate surface area is 134 Å². The smallest absolute Gasteiger partial charge is 0.0717 e. The van der Waals surface area contributed by atoms with Gasteiger partial charge in [0.2, 0.25) is 0 Å².